The van der Waals surface area contributed by atoms with Crippen LogP contribution in [0.25, 0.3) is 0 Å². The van der Waals surface area contributed by atoms with Crippen molar-refractivity contribution in [2.75, 3.05) is 20.3 Å². The summed E-state index contributed by atoms with van der Waals surface area (Å²) in [5.41, 5.74) is 0.587. The molecular formula is C18H21N3O5. The van der Waals surface area contributed by atoms with Gasteiger partial charge in [-0.3, -0.25) is 14.6 Å². The van der Waals surface area contributed by atoms with E-state index in [-0.39, 0.29) is 23.8 Å². The van der Waals surface area contributed by atoms with Crippen LogP contribution in [0, 0.1) is 12.8 Å². The maximum absolute atomic E-state index is 12.2. The third kappa shape index (κ3) is 3.79. The van der Waals surface area contributed by atoms with Gasteiger partial charge in [0, 0.05) is 23.7 Å². The van der Waals surface area contributed by atoms with E-state index in [0.29, 0.717) is 24.6 Å². The van der Waals surface area contributed by atoms with Gasteiger partial charge in [-0.15, -0.1) is 0 Å². The molecule has 0 bridgehead atoms. The van der Waals surface area contributed by atoms with E-state index in [1.165, 1.54) is 0 Å². The molecule has 0 aliphatic carbocycles. The molecule has 1 aromatic heterocycles. The van der Waals surface area contributed by atoms with Crippen molar-refractivity contribution in [2.45, 2.75) is 19.8 Å². The van der Waals surface area contributed by atoms with Gasteiger partial charge in [-0.25, -0.2) is 4.79 Å². The molecule has 8 nitrogen and oxygen atoms in total. The third-order valence-electron chi connectivity index (χ3n) is 4.43. The second kappa shape index (κ2) is 7.47. The number of methoxy groups -OCH3 is 1. The fourth-order valence-electron chi connectivity index (χ4n) is 3.07. The minimum atomic E-state index is -0.579. The number of nitrogens with one attached hydrogen (secondary N) is 3. The van der Waals surface area contributed by atoms with Gasteiger partial charge >= 0.3 is 5.69 Å². The molecule has 1 aliphatic rings. The molecule has 1 aliphatic heterocycles. The van der Waals surface area contributed by atoms with Gasteiger partial charge in [0.05, 0.1) is 20.1 Å². The van der Waals surface area contributed by atoms with Crippen LogP contribution >= 0.6 is 0 Å². The molecule has 2 heterocycles. The highest BCUT2D eigenvalue weighted by atomic mass is 16.5. The molecule has 3 rings (SSSR count). The number of hydrogen-bond donors (Lipinski definition) is 3. The fourth-order valence-corrected chi connectivity index (χ4v) is 3.07. The van der Waals surface area contributed by atoms with Gasteiger partial charge in [0.25, 0.3) is 5.56 Å². The van der Waals surface area contributed by atoms with Crippen molar-refractivity contribution in [1.82, 2.24) is 15.3 Å². The summed E-state index contributed by atoms with van der Waals surface area (Å²) in [5, 5.41) is 2.83. The number of aryl methyl sites for hydroxylation is 1. The van der Waals surface area contributed by atoms with E-state index in [9.17, 15) is 14.4 Å². The first kappa shape index (κ1) is 17.8. The summed E-state index contributed by atoms with van der Waals surface area (Å²) in [6.45, 7) is 2.51. The van der Waals surface area contributed by atoms with E-state index in [1.807, 2.05) is 18.2 Å². The van der Waals surface area contributed by atoms with Gasteiger partial charge in [-0.2, -0.15) is 0 Å². The quantitative estimate of drug-likeness (QED) is 0.710. The van der Waals surface area contributed by atoms with E-state index in [2.05, 4.69) is 15.3 Å². The van der Waals surface area contributed by atoms with Gasteiger partial charge in [0.2, 0.25) is 5.91 Å². The number of H-pyrrole nitrogens is 2. The lowest BCUT2D eigenvalue weighted by atomic mass is 9.96. The molecule has 0 spiro atoms. The summed E-state index contributed by atoms with van der Waals surface area (Å²) < 4.78 is 11.1. The number of aromatic amines is 2. The normalized spacial score (nSPS) is 15.7. The van der Waals surface area contributed by atoms with Crippen LogP contribution in [-0.4, -0.2) is 36.1 Å². The van der Waals surface area contributed by atoms with Gasteiger partial charge in [0.1, 0.15) is 0 Å². The lowest BCUT2D eigenvalue weighted by Crippen LogP contribution is -2.37. The van der Waals surface area contributed by atoms with E-state index in [0.717, 1.165) is 17.7 Å². The number of aromatic nitrogens is 2. The monoisotopic (exact) mass is 359 g/mol. The number of benzene rings is 1. The average molecular weight is 359 g/mol. The Balaban J connectivity index is 1.59. The predicted molar refractivity (Wildman–Crippen MR) is 94.8 cm³/mol. The molecule has 1 aromatic carbocycles. The van der Waals surface area contributed by atoms with E-state index in [1.54, 1.807) is 14.0 Å². The third-order valence-corrected chi connectivity index (χ3v) is 4.43. The highest BCUT2D eigenvalue weighted by Gasteiger charge is 2.23. The molecule has 0 saturated heterocycles. The lowest BCUT2D eigenvalue weighted by molar-refractivity contribution is -0.120. The Morgan fingerprint density at radius 1 is 1.35 bits per heavy atom. The summed E-state index contributed by atoms with van der Waals surface area (Å²) >= 11 is 0. The molecule has 0 unspecified atom stereocenters. The van der Waals surface area contributed by atoms with E-state index in [4.69, 9.17) is 9.47 Å². The van der Waals surface area contributed by atoms with E-state index < -0.39 is 11.2 Å². The number of para-hydroxylation sites is 1. The van der Waals surface area contributed by atoms with Gasteiger partial charge < -0.3 is 19.8 Å². The summed E-state index contributed by atoms with van der Waals surface area (Å²) in [4.78, 5) is 39.8. The Morgan fingerprint density at radius 2 is 2.15 bits per heavy atom. The molecule has 0 saturated carbocycles. The Labute approximate surface area is 149 Å². The van der Waals surface area contributed by atoms with Crippen LogP contribution < -0.4 is 26.0 Å². The number of ether oxygens (including phenoxy) is 2. The van der Waals surface area contributed by atoms with Crippen molar-refractivity contribution in [1.29, 1.82) is 0 Å². The fraction of sp³-hybridized carbons (Fsp3) is 0.389. The number of amides is 1. The predicted octanol–water partition coefficient (Wildman–Crippen LogP) is 0.290. The van der Waals surface area contributed by atoms with Crippen molar-refractivity contribution < 1.29 is 14.3 Å². The smallest absolute Gasteiger partial charge is 0.325 e. The Morgan fingerprint density at radius 3 is 2.88 bits per heavy atom. The highest BCUT2D eigenvalue weighted by molar-refractivity contribution is 5.78. The standard InChI is InChI=1S/C18H21N3O5/c1-10-13(17(23)21-18(24)20-10)7-15(22)19-8-11-6-12-4-3-5-14(25-2)16(12)26-9-11/h3-5,11H,6-9H2,1-2H3,(H,19,22)(H2,20,21,23,24)/t11-/m0/s1. The topological polar surface area (TPSA) is 113 Å². The lowest BCUT2D eigenvalue weighted by Gasteiger charge is -2.26. The maximum atomic E-state index is 12.2. The Bertz CT molecular complexity index is 931. The van der Waals surface area contributed by atoms with Crippen LogP contribution in [0.5, 0.6) is 11.5 Å². The van der Waals surface area contributed by atoms with Crippen molar-refractivity contribution in [3.63, 3.8) is 0 Å². The summed E-state index contributed by atoms with van der Waals surface area (Å²) in [5.74, 6) is 1.32. The minimum absolute atomic E-state index is 0.0874. The highest BCUT2D eigenvalue weighted by Crippen LogP contribution is 2.35. The molecule has 0 radical (unpaired) electrons. The SMILES string of the molecule is COc1cccc2c1OC[C@H](CNC(=O)Cc1c(C)[nH]c(=O)[nH]c1=O)C2. The molecule has 1 amide bonds. The Kier molecular flexibility index (Phi) is 5.11. The summed E-state index contributed by atoms with van der Waals surface area (Å²) in [7, 11) is 1.60. The molecule has 138 valence electrons. The number of carbonyl (C=O) groups is 1. The summed E-state index contributed by atoms with van der Waals surface area (Å²) in [6.07, 6.45) is 0.682. The van der Waals surface area contributed by atoms with Gasteiger partial charge in [-0.1, -0.05) is 12.1 Å². The van der Waals surface area contributed by atoms with Crippen LogP contribution in [0.1, 0.15) is 16.8 Å². The van der Waals surface area contributed by atoms with Crippen LogP contribution in [-0.2, 0) is 17.6 Å². The number of carbonyl (C=O) groups excluding carboxylic acids is 1. The van der Waals surface area contributed by atoms with Crippen molar-refractivity contribution >= 4 is 5.91 Å². The molecule has 0 fully saturated rings. The Hall–Kier alpha value is -3.03. The first-order valence-electron chi connectivity index (χ1n) is 8.35. The molecular weight excluding hydrogens is 338 g/mol. The van der Waals surface area contributed by atoms with Gasteiger partial charge in [-0.05, 0) is 25.0 Å². The van der Waals surface area contributed by atoms with Gasteiger partial charge in [0.15, 0.2) is 11.5 Å². The maximum Gasteiger partial charge on any atom is 0.325 e. The number of rotatable bonds is 5. The second-order valence-electron chi connectivity index (χ2n) is 6.32. The largest absolute Gasteiger partial charge is 0.493 e. The van der Waals surface area contributed by atoms with Crippen molar-refractivity contribution in [2.24, 2.45) is 5.92 Å². The van der Waals surface area contributed by atoms with Crippen LogP contribution in [0.15, 0.2) is 27.8 Å². The van der Waals surface area contributed by atoms with Crippen molar-refractivity contribution in [3.8, 4) is 11.5 Å². The molecule has 26 heavy (non-hydrogen) atoms. The zero-order valence-electron chi connectivity index (χ0n) is 14.7. The summed E-state index contributed by atoms with van der Waals surface area (Å²) in [6, 6.07) is 5.74. The van der Waals surface area contributed by atoms with Crippen LogP contribution in [0.3, 0.4) is 0 Å². The van der Waals surface area contributed by atoms with Crippen LogP contribution in [0.2, 0.25) is 0 Å². The van der Waals surface area contributed by atoms with E-state index >= 15 is 0 Å². The zero-order chi connectivity index (χ0) is 18.7. The molecule has 2 aromatic rings. The van der Waals surface area contributed by atoms with Crippen molar-refractivity contribution in [3.05, 3.63) is 55.9 Å². The molecule has 8 heteroatoms. The minimum Gasteiger partial charge on any atom is -0.493 e. The molecule has 3 N–H and O–H groups in total. The first-order valence-corrected chi connectivity index (χ1v) is 8.35. The first-order chi connectivity index (χ1) is 12.5. The number of hydrogen-bond acceptors (Lipinski definition) is 5. The number of fused-ring (bicyclic) bond motifs is 1. The average Bonchev–Trinajstić information content (AvgIpc) is 2.62. The second-order valence-corrected chi connectivity index (χ2v) is 6.32. The molecule has 1 atom stereocenters. The zero-order valence-corrected chi connectivity index (χ0v) is 14.7. The van der Waals surface area contributed by atoms with Crippen LogP contribution in [0.4, 0.5) is 0 Å².